The molecule has 1 aliphatic heterocycles. The second-order valence-corrected chi connectivity index (χ2v) is 9.34. The Balaban J connectivity index is 2.98. The van der Waals surface area contributed by atoms with Gasteiger partial charge < -0.3 is 4.90 Å². The van der Waals surface area contributed by atoms with E-state index < -0.39 is 14.6 Å². The number of amides is 1. The Kier molecular flexibility index (Phi) is 5.24. The van der Waals surface area contributed by atoms with Crippen LogP contribution < -0.4 is 5.32 Å². The fourth-order valence-corrected chi connectivity index (χ4v) is 2.83. The zero-order valence-electron chi connectivity index (χ0n) is 13.4. The number of nitrogens with one attached hydrogen (secondary N) is 1. The molecule has 1 N–H and O–H groups in total. The van der Waals surface area contributed by atoms with Crippen LogP contribution in [0.1, 0.15) is 47.5 Å². The molecular formula is C14H28N2O3S. The number of hydrogen-bond acceptors (Lipinski definition) is 4. The molecule has 0 aromatic carbocycles. The summed E-state index contributed by atoms with van der Waals surface area (Å²) in [6.07, 6.45) is 2.87. The van der Waals surface area contributed by atoms with Crippen LogP contribution in [0.25, 0.3) is 0 Å². The molecule has 20 heavy (non-hydrogen) atoms. The molecule has 1 saturated heterocycles. The molecule has 118 valence electrons. The third kappa shape index (κ3) is 3.52. The second-order valence-electron chi connectivity index (χ2n) is 6.69. The van der Waals surface area contributed by atoms with E-state index in [4.69, 9.17) is 0 Å². The molecule has 0 aromatic heterocycles. The highest BCUT2D eigenvalue weighted by molar-refractivity contribution is 7.92. The van der Waals surface area contributed by atoms with Crippen molar-refractivity contribution < 1.29 is 13.2 Å². The van der Waals surface area contributed by atoms with E-state index in [1.165, 1.54) is 6.26 Å². The minimum atomic E-state index is -3.21. The molecule has 2 unspecified atom stereocenters. The third-order valence-electron chi connectivity index (χ3n) is 4.05. The lowest BCUT2D eigenvalue weighted by Gasteiger charge is -2.33. The lowest BCUT2D eigenvalue weighted by Crippen LogP contribution is -2.50. The highest BCUT2D eigenvalue weighted by Crippen LogP contribution is 2.25. The van der Waals surface area contributed by atoms with Gasteiger partial charge in [0.25, 0.3) is 0 Å². The SMILES string of the molecule is CCCC1NC(C(C)C)N(CC(C)(C)S(C)(=O)=O)C1=O. The molecule has 5 nitrogen and oxygen atoms in total. The Morgan fingerprint density at radius 1 is 1.35 bits per heavy atom. The van der Waals surface area contributed by atoms with Crippen LogP contribution in [0.5, 0.6) is 0 Å². The van der Waals surface area contributed by atoms with Crippen molar-refractivity contribution in [1.29, 1.82) is 0 Å². The van der Waals surface area contributed by atoms with Gasteiger partial charge in [0.05, 0.1) is 17.0 Å². The number of nitrogens with zero attached hydrogens (tertiary/aromatic N) is 1. The summed E-state index contributed by atoms with van der Waals surface area (Å²) in [5, 5.41) is 3.35. The van der Waals surface area contributed by atoms with Gasteiger partial charge in [-0.3, -0.25) is 10.1 Å². The molecule has 0 radical (unpaired) electrons. The summed E-state index contributed by atoms with van der Waals surface area (Å²) in [6.45, 7) is 9.73. The molecule has 1 aliphatic rings. The number of rotatable bonds is 6. The Bertz CT molecular complexity index is 457. The first-order valence-electron chi connectivity index (χ1n) is 7.27. The van der Waals surface area contributed by atoms with Gasteiger partial charge in [-0.05, 0) is 26.2 Å². The first-order chi connectivity index (χ1) is 9.01. The van der Waals surface area contributed by atoms with Crippen LogP contribution in [0.4, 0.5) is 0 Å². The highest BCUT2D eigenvalue weighted by atomic mass is 32.2. The van der Waals surface area contributed by atoms with Crippen LogP contribution >= 0.6 is 0 Å². The van der Waals surface area contributed by atoms with E-state index >= 15 is 0 Å². The molecule has 6 heteroatoms. The van der Waals surface area contributed by atoms with E-state index in [0.29, 0.717) is 0 Å². The van der Waals surface area contributed by atoms with E-state index in [-0.39, 0.29) is 30.6 Å². The van der Waals surface area contributed by atoms with Crippen molar-refractivity contribution >= 4 is 15.7 Å². The van der Waals surface area contributed by atoms with E-state index in [9.17, 15) is 13.2 Å². The normalized spacial score (nSPS) is 24.8. The van der Waals surface area contributed by atoms with Crippen LogP contribution in [-0.4, -0.2) is 49.0 Å². The molecule has 0 bridgehead atoms. The van der Waals surface area contributed by atoms with E-state index in [2.05, 4.69) is 5.32 Å². The van der Waals surface area contributed by atoms with Crippen LogP contribution in [0, 0.1) is 5.92 Å². The maximum Gasteiger partial charge on any atom is 0.241 e. The number of carbonyl (C=O) groups excluding carboxylic acids is 1. The quantitative estimate of drug-likeness (QED) is 0.805. The van der Waals surface area contributed by atoms with Crippen LogP contribution in [-0.2, 0) is 14.6 Å². The molecule has 1 rings (SSSR count). The molecule has 1 fully saturated rings. The van der Waals surface area contributed by atoms with E-state index in [1.54, 1.807) is 18.7 Å². The average Bonchev–Trinajstić information content (AvgIpc) is 2.56. The van der Waals surface area contributed by atoms with Gasteiger partial charge >= 0.3 is 0 Å². The van der Waals surface area contributed by atoms with E-state index in [1.807, 2.05) is 20.8 Å². The van der Waals surface area contributed by atoms with Crippen LogP contribution in [0.3, 0.4) is 0 Å². The Labute approximate surface area is 123 Å². The van der Waals surface area contributed by atoms with Gasteiger partial charge in [0, 0.05) is 12.8 Å². The van der Waals surface area contributed by atoms with Gasteiger partial charge in [-0.15, -0.1) is 0 Å². The maximum atomic E-state index is 12.5. The predicted molar refractivity (Wildman–Crippen MR) is 81.1 cm³/mol. The van der Waals surface area contributed by atoms with E-state index in [0.717, 1.165) is 12.8 Å². The zero-order valence-corrected chi connectivity index (χ0v) is 14.3. The molecular weight excluding hydrogens is 276 g/mol. The fraction of sp³-hybridized carbons (Fsp3) is 0.929. The van der Waals surface area contributed by atoms with Crippen molar-refractivity contribution in [3.05, 3.63) is 0 Å². The standard InChI is InChI=1S/C14H28N2O3S/c1-7-8-11-13(17)16(12(15-11)10(2)3)9-14(4,5)20(6,18)19/h10-12,15H,7-9H2,1-6H3. The van der Waals surface area contributed by atoms with Crippen molar-refractivity contribution in [2.45, 2.75) is 64.4 Å². The van der Waals surface area contributed by atoms with Crippen molar-refractivity contribution in [3.8, 4) is 0 Å². The summed E-state index contributed by atoms with van der Waals surface area (Å²) >= 11 is 0. The van der Waals surface area contributed by atoms with Gasteiger partial charge in [0.2, 0.25) is 5.91 Å². The molecule has 0 aromatic rings. The van der Waals surface area contributed by atoms with Crippen LogP contribution in [0.2, 0.25) is 0 Å². The number of sulfone groups is 1. The van der Waals surface area contributed by atoms with Gasteiger partial charge in [-0.1, -0.05) is 27.2 Å². The third-order valence-corrected chi connectivity index (χ3v) is 6.19. The average molecular weight is 304 g/mol. The predicted octanol–water partition coefficient (Wildman–Crippen LogP) is 1.39. The maximum absolute atomic E-state index is 12.5. The zero-order chi connectivity index (χ0) is 15.7. The summed E-state index contributed by atoms with van der Waals surface area (Å²) in [4.78, 5) is 14.2. The Morgan fingerprint density at radius 3 is 2.30 bits per heavy atom. The monoisotopic (exact) mass is 304 g/mol. The summed E-state index contributed by atoms with van der Waals surface area (Å²) in [6, 6.07) is -0.178. The van der Waals surface area contributed by atoms with Crippen molar-refractivity contribution in [3.63, 3.8) is 0 Å². The first kappa shape index (κ1) is 17.4. The topological polar surface area (TPSA) is 66.5 Å². The van der Waals surface area contributed by atoms with Gasteiger partial charge in [-0.25, -0.2) is 8.42 Å². The Morgan fingerprint density at radius 2 is 1.90 bits per heavy atom. The lowest BCUT2D eigenvalue weighted by atomic mass is 10.1. The fourth-order valence-electron chi connectivity index (χ4n) is 2.46. The van der Waals surface area contributed by atoms with Gasteiger partial charge in [0.1, 0.15) is 0 Å². The second kappa shape index (κ2) is 6.02. The summed E-state index contributed by atoms with van der Waals surface area (Å²) in [5.74, 6) is 0.276. The largest absolute Gasteiger partial charge is 0.324 e. The molecule has 0 aliphatic carbocycles. The summed E-state index contributed by atoms with van der Waals surface area (Å²) in [7, 11) is -3.21. The minimum absolute atomic E-state index is 0.0299. The van der Waals surface area contributed by atoms with Crippen molar-refractivity contribution in [2.75, 3.05) is 12.8 Å². The summed E-state index contributed by atoms with van der Waals surface area (Å²) < 4.78 is 22.8. The van der Waals surface area contributed by atoms with Gasteiger partial charge in [0.15, 0.2) is 9.84 Å². The number of carbonyl (C=O) groups is 1. The molecule has 0 saturated carbocycles. The molecule has 0 spiro atoms. The highest BCUT2D eigenvalue weighted by Gasteiger charge is 2.44. The number of hydrogen-bond donors (Lipinski definition) is 1. The van der Waals surface area contributed by atoms with Crippen LogP contribution in [0.15, 0.2) is 0 Å². The molecule has 1 heterocycles. The smallest absolute Gasteiger partial charge is 0.241 e. The molecule has 1 amide bonds. The van der Waals surface area contributed by atoms with Crippen molar-refractivity contribution in [2.24, 2.45) is 5.92 Å². The molecule has 2 atom stereocenters. The Hall–Kier alpha value is -0.620. The first-order valence-corrected chi connectivity index (χ1v) is 9.16. The minimum Gasteiger partial charge on any atom is -0.324 e. The lowest BCUT2D eigenvalue weighted by molar-refractivity contribution is -0.131. The summed E-state index contributed by atoms with van der Waals surface area (Å²) in [5.41, 5.74) is 0. The van der Waals surface area contributed by atoms with Crippen molar-refractivity contribution in [1.82, 2.24) is 10.2 Å². The van der Waals surface area contributed by atoms with Gasteiger partial charge in [-0.2, -0.15) is 0 Å².